The van der Waals surface area contributed by atoms with Gasteiger partial charge < -0.3 is 4.74 Å². The Morgan fingerprint density at radius 2 is 2.00 bits per heavy atom. The lowest BCUT2D eigenvalue weighted by Gasteiger charge is -2.12. The van der Waals surface area contributed by atoms with Gasteiger partial charge in [-0.3, -0.25) is 0 Å². The van der Waals surface area contributed by atoms with Crippen molar-refractivity contribution >= 4 is 0 Å². The number of epoxide rings is 1. The second-order valence-corrected chi connectivity index (χ2v) is 3.45. The highest BCUT2D eigenvalue weighted by molar-refractivity contribution is 5.00. The van der Waals surface area contributed by atoms with E-state index in [0.717, 1.165) is 0 Å². The minimum Gasteiger partial charge on any atom is -0.370 e. The quantitative estimate of drug-likeness (QED) is 0.502. The molecule has 11 heavy (non-hydrogen) atoms. The van der Waals surface area contributed by atoms with Crippen molar-refractivity contribution in [2.75, 3.05) is 6.61 Å². The fourth-order valence-corrected chi connectivity index (χ4v) is 1.73. The second kappa shape index (κ2) is 1.91. The summed E-state index contributed by atoms with van der Waals surface area (Å²) in [5.74, 6) is -1.11. The van der Waals surface area contributed by atoms with Crippen LogP contribution in [0.15, 0.2) is 0 Å². The van der Waals surface area contributed by atoms with Gasteiger partial charge in [0.05, 0.1) is 18.1 Å². The van der Waals surface area contributed by atoms with Gasteiger partial charge in [0, 0.05) is 0 Å². The van der Waals surface area contributed by atoms with Gasteiger partial charge in [0.2, 0.25) is 0 Å². The average molecular weight is 166 g/mol. The van der Waals surface area contributed by atoms with Crippen LogP contribution in [-0.4, -0.2) is 18.4 Å². The van der Waals surface area contributed by atoms with Crippen LogP contribution in [0.2, 0.25) is 0 Å². The van der Waals surface area contributed by atoms with E-state index in [9.17, 15) is 13.2 Å². The fraction of sp³-hybridized carbons (Fsp3) is 1.00. The lowest BCUT2D eigenvalue weighted by atomic mass is 10.1. The normalized spacial score (nSPS) is 43.4. The SMILES string of the molecule is FC(F)(F)C1CCC2(CO2)C1. The summed E-state index contributed by atoms with van der Waals surface area (Å²) in [5.41, 5.74) is -0.347. The minimum atomic E-state index is -4.00. The van der Waals surface area contributed by atoms with Crippen molar-refractivity contribution < 1.29 is 17.9 Å². The molecule has 1 spiro atoms. The van der Waals surface area contributed by atoms with Gasteiger partial charge in [-0.25, -0.2) is 0 Å². The number of hydrogen-bond acceptors (Lipinski definition) is 1. The molecule has 0 amide bonds. The molecule has 4 heteroatoms. The summed E-state index contributed by atoms with van der Waals surface area (Å²) in [7, 11) is 0. The van der Waals surface area contributed by atoms with Crippen LogP contribution in [-0.2, 0) is 4.74 Å². The van der Waals surface area contributed by atoms with Gasteiger partial charge in [-0.15, -0.1) is 0 Å². The summed E-state index contributed by atoms with van der Waals surface area (Å²) in [6.07, 6.45) is -2.97. The Kier molecular flexibility index (Phi) is 1.29. The lowest BCUT2D eigenvalue weighted by molar-refractivity contribution is -0.173. The molecule has 64 valence electrons. The van der Waals surface area contributed by atoms with Crippen LogP contribution in [0.5, 0.6) is 0 Å². The number of halogens is 3. The number of hydrogen-bond donors (Lipinski definition) is 0. The van der Waals surface area contributed by atoms with Crippen molar-refractivity contribution in [3.63, 3.8) is 0 Å². The molecule has 2 unspecified atom stereocenters. The van der Waals surface area contributed by atoms with Gasteiger partial charge >= 0.3 is 6.18 Å². The first-order chi connectivity index (χ1) is 5.02. The summed E-state index contributed by atoms with van der Waals surface area (Å²) in [5, 5.41) is 0. The molecule has 1 saturated heterocycles. The van der Waals surface area contributed by atoms with Gasteiger partial charge in [-0.2, -0.15) is 13.2 Å². The number of ether oxygens (including phenoxy) is 1. The largest absolute Gasteiger partial charge is 0.391 e. The van der Waals surface area contributed by atoms with Crippen molar-refractivity contribution in [3.05, 3.63) is 0 Å². The highest BCUT2D eigenvalue weighted by atomic mass is 19.4. The molecule has 1 saturated carbocycles. The van der Waals surface area contributed by atoms with Crippen molar-refractivity contribution in [1.82, 2.24) is 0 Å². The molecule has 1 aliphatic heterocycles. The van der Waals surface area contributed by atoms with E-state index in [2.05, 4.69) is 0 Å². The third-order valence-corrected chi connectivity index (χ3v) is 2.58. The monoisotopic (exact) mass is 166 g/mol. The van der Waals surface area contributed by atoms with Crippen LogP contribution in [0.4, 0.5) is 13.2 Å². The fourth-order valence-electron chi connectivity index (χ4n) is 1.73. The van der Waals surface area contributed by atoms with Gasteiger partial charge in [0.1, 0.15) is 0 Å². The first kappa shape index (κ1) is 7.40. The van der Waals surface area contributed by atoms with Crippen molar-refractivity contribution in [1.29, 1.82) is 0 Å². The van der Waals surface area contributed by atoms with Gasteiger partial charge in [-0.1, -0.05) is 0 Å². The standard InChI is InChI=1S/C7H9F3O/c8-7(9,10)5-1-2-6(3-5)4-11-6/h5H,1-4H2. The Hall–Kier alpha value is -0.250. The average Bonchev–Trinajstić information content (AvgIpc) is 2.38. The van der Waals surface area contributed by atoms with Gasteiger partial charge in [0.25, 0.3) is 0 Å². The summed E-state index contributed by atoms with van der Waals surface area (Å²) >= 11 is 0. The van der Waals surface area contributed by atoms with Crippen LogP contribution in [0.3, 0.4) is 0 Å². The van der Waals surface area contributed by atoms with Crippen LogP contribution >= 0.6 is 0 Å². The summed E-state index contributed by atoms with van der Waals surface area (Å²) in [4.78, 5) is 0. The van der Waals surface area contributed by atoms with E-state index in [0.29, 0.717) is 13.0 Å². The molecule has 2 fully saturated rings. The molecular formula is C7H9F3O. The molecule has 2 atom stereocenters. The molecule has 2 rings (SSSR count). The van der Waals surface area contributed by atoms with Crippen LogP contribution in [0.25, 0.3) is 0 Å². The van der Waals surface area contributed by atoms with Crippen LogP contribution in [0.1, 0.15) is 19.3 Å². The van der Waals surface area contributed by atoms with E-state index >= 15 is 0 Å². The maximum absolute atomic E-state index is 12.1. The lowest BCUT2D eigenvalue weighted by Crippen LogP contribution is -2.21. The molecule has 0 bridgehead atoms. The molecule has 0 N–H and O–H groups in total. The third kappa shape index (κ3) is 1.24. The topological polar surface area (TPSA) is 12.5 Å². The summed E-state index contributed by atoms with van der Waals surface area (Å²) in [6.45, 7) is 0.541. The molecule has 0 aromatic heterocycles. The Balaban J connectivity index is 1.99. The predicted octanol–water partition coefficient (Wildman–Crippen LogP) is 2.12. The third-order valence-electron chi connectivity index (χ3n) is 2.58. The summed E-state index contributed by atoms with van der Waals surface area (Å²) < 4.78 is 41.2. The Morgan fingerprint density at radius 3 is 2.27 bits per heavy atom. The molecule has 1 nitrogen and oxygen atoms in total. The Morgan fingerprint density at radius 1 is 1.36 bits per heavy atom. The first-order valence-corrected chi connectivity index (χ1v) is 3.73. The van der Waals surface area contributed by atoms with E-state index in [4.69, 9.17) is 4.74 Å². The van der Waals surface area contributed by atoms with E-state index < -0.39 is 12.1 Å². The summed E-state index contributed by atoms with van der Waals surface area (Å²) in [6, 6.07) is 0. The smallest absolute Gasteiger partial charge is 0.370 e. The van der Waals surface area contributed by atoms with Crippen molar-refractivity contribution in [3.8, 4) is 0 Å². The zero-order chi connectivity index (χ0) is 8.11. The van der Waals surface area contributed by atoms with E-state index in [1.54, 1.807) is 0 Å². The number of rotatable bonds is 0. The minimum absolute atomic E-state index is 0.191. The van der Waals surface area contributed by atoms with Crippen LogP contribution < -0.4 is 0 Å². The van der Waals surface area contributed by atoms with Crippen molar-refractivity contribution in [2.45, 2.75) is 31.0 Å². The molecular weight excluding hydrogens is 157 g/mol. The maximum atomic E-state index is 12.1. The Labute approximate surface area is 62.5 Å². The van der Waals surface area contributed by atoms with Gasteiger partial charge in [0.15, 0.2) is 0 Å². The zero-order valence-electron chi connectivity index (χ0n) is 5.95. The molecule has 2 aliphatic rings. The molecule has 0 aromatic carbocycles. The molecule has 0 radical (unpaired) electrons. The molecule has 0 aromatic rings. The maximum Gasteiger partial charge on any atom is 0.391 e. The van der Waals surface area contributed by atoms with E-state index in [1.807, 2.05) is 0 Å². The van der Waals surface area contributed by atoms with E-state index in [-0.39, 0.29) is 18.4 Å². The highest BCUT2D eigenvalue weighted by Crippen LogP contribution is 2.51. The first-order valence-electron chi connectivity index (χ1n) is 3.73. The predicted molar refractivity (Wildman–Crippen MR) is 32.1 cm³/mol. The Bertz CT molecular complexity index is 171. The van der Waals surface area contributed by atoms with Crippen LogP contribution in [0, 0.1) is 5.92 Å². The highest BCUT2D eigenvalue weighted by Gasteiger charge is 2.57. The van der Waals surface area contributed by atoms with Gasteiger partial charge in [-0.05, 0) is 19.3 Å². The van der Waals surface area contributed by atoms with E-state index in [1.165, 1.54) is 0 Å². The second-order valence-electron chi connectivity index (χ2n) is 3.45. The molecule has 1 heterocycles. The number of alkyl halides is 3. The van der Waals surface area contributed by atoms with Crippen molar-refractivity contribution in [2.24, 2.45) is 5.92 Å². The molecule has 1 aliphatic carbocycles. The zero-order valence-corrected chi connectivity index (χ0v) is 5.95.